The van der Waals surface area contributed by atoms with Gasteiger partial charge in [0.2, 0.25) is 5.91 Å². The third-order valence-electron chi connectivity index (χ3n) is 2.33. The lowest BCUT2D eigenvalue weighted by atomic mass is 9.95. The highest BCUT2D eigenvalue weighted by Crippen LogP contribution is 2.14. The molecule has 0 fully saturated rings. The van der Waals surface area contributed by atoms with Crippen molar-refractivity contribution in [2.75, 3.05) is 0 Å². The van der Waals surface area contributed by atoms with Gasteiger partial charge in [-0.3, -0.25) is 4.79 Å². The summed E-state index contributed by atoms with van der Waals surface area (Å²) in [5.41, 5.74) is 0. The summed E-state index contributed by atoms with van der Waals surface area (Å²) in [5.74, 6) is 0.987. The molecule has 2 unspecified atom stereocenters. The topological polar surface area (TPSA) is 29.1 Å². The number of hydrogen-bond acceptors (Lipinski definition) is 1. The predicted octanol–water partition coefficient (Wildman–Crippen LogP) is 2.58. The Morgan fingerprint density at radius 1 is 1.23 bits per heavy atom. The quantitative estimate of drug-likeness (QED) is 0.701. The second kappa shape index (κ2) is 6.01. The van der Waals surface area contributed by atoms with Gasteiger partial charge < -0.3 is 5.32 Å². The van der Waals surface area contributed by atoms with Gasteiger partial charge in [-0.25, -0.2) is 0 Å². The molecule has 0 saturated heterocycles. The highest BCUT2D eigenvalue weighted by Gasteiger charge is 2.15. The molecule has 2 heteroatoms. The minimum Gasteiger partial charge on any atom is -0.354 e. The molecule has 1 N–H and O–H groups in total. The van der Waals surface area contributed by atoms with Gasteiger partial charge in [-0.1, -0.05) is 27.2 Å². The summed E-state index contributed by atoms with van der Waals surface area (Å²) in [6.07, 6.45) is 2.15. The maximum Gasteiger partial charge on any atom is 0.223 e. The summed E-state index contributed by atoms with van der Waals surface area (Å²) in [7, 11) is 0. The summed E-state index contributed by atoms with van der Waals surface area (Å²) in [5, 5.41) is 2.93. The van der Waals surface area contributed by atoms with Crippen LogP contribution in [0.5, 0.6) is 0 Å². The van der Waals surface area contributed by atoms with Crippen molar-refractivity contribution in [2.45, 2.75) is 53.5 Å². The molecule has 0 rings (SSSR count). The molecule has 0 aliphatic heterocycles. The van der Waals surface area contributed by atoms with Crippen LogP contribution in [0.3, 0.4) is 0 Å². The second-order valence-electron chi connectivity index (χ2n) is 4.31. The SMILES string of the molecule is CCC(C)CC(C)C(=O)NC(C)C. The number of nitrogens with one attached hydrogen (secondary N) is 1. The molecule has 0 radical (unpaired) electrons. The van der Waals surface area contributed by atoms with Crippen LogP contribution in [-0.4, -0.2) is 11.9 Å². The number of rotatable bonds is 5. The molecule has 0 saturated carbocycles. The fourth-order valence-electron chi connectivity index (χ4n) is 1.30. The fourth-order valence-corrected chi connectivity index (χ4v) is 1.30. The summed E-state index contributed by atoms with van der Waals surface area (Å²) in [6, 6.07) is 0.256. The zero-order valence-electron chi connectivity index (χ0n) is 9.55. The van der Waals surface area contributed by atoms with Crippen molar-refractivity contribution in [1.82, 2.24) is 5.32 Å². The molecular formula is C11H23NO. The van der Waals surface area contributed by atoms with E-state index in [9.17, 15) is 4.79 Å². The summed E-state index contributed by atoms with van der Waals surface area (Å²) in [6.45, 7) is 10.3. The van der Waals surface area contributed by atoms with Crippen molar-refractivity contribution in [3.8, 4) is 0 Å². The minimum absolute atomic E-state index is 0.150. The Kier molecular flexibility index (Phi) is 5.76. The van der Waals surface area contributed by atoms with Crippen molar-refractivity contribution < 1.29 is 4.79 Å². The van der Waals surface area contributed by atoms with Gasteiger partial charge in [-0.15, -0.1) is 0 Å². The van der Waals surface area contributed by atoms with E-state index < -0.39 is 0 Å². The normalized spacial score (nSPS) is 15.5. The van der Waals surface area contributed by atoms with Crippen LogP contribution in [0.25, 0.3) is 0 Å². The Balaban J connectivity index is 3.82. The van der Waals surface area contributed by atoms with Gasteiger partial charge in [-0.05, 0) is 26.2 Å². The Bertz CT molecular complexity index is 154. The lowest BCUT2D eigenvalue weighted by molar-refractivity contribution is -0.125. The van der Waals surface area contributed by atoms with Gasteiger partial charge in [0.05, 0.1) is 0 Å². The average molecular weight is 185 g/mol. The van der Waals surface area contributed by atoms with E-state index in [0.717, 1.165) is 12.8 Å². The third-order valence-corrected chi connectivity index (χ3v) is 2.33. The van der Waals surface area contributed by atoms with Crippen molar-refractivity contribution >= 4 is 5.91 Å². The minimum atomic E-state index is 0.150. The van der Waals surface area contributed by atoms with Gasteiger partial charge >= 0.3 is 0 Å². The summed E-state index contributed by atoms with van der Waals surface area (Å²) < 4.78 is 0. The van der Waals surface area contributed by atoms with E-state index in [1.165, 1.54) is 0 Å². The number of hydrogen-bond donors (Lipinski definition) is 1. The van der Waals surface area contributed by atoms with E-state index in [0.29, 0.717) is 5.92 Å². The van der Waals surface area contributed by atoms with E-state index in [4.69, 9.17) is 0 Å². The van der Waals surface area contributed by atoms with Crippen LogP contribution in [0.4, 0.5) is 0 Å². The smallest absolute Gasteiger partial charge is 0.223 e. The molecule has 0 aromatic heterocycles. The maximum atomic E-state index is 11.5. The van der Waals surface area contributed by atoms with Crippen LogP contribution in [-0.2, 0) is 4.79 Å². The van der Waals surface area contributed by atoms with E-state index >= 15 is 0 Å². The van der Waals surface area contributed by atoms with Crippen LogP contribution in [0, 0.1) is 11.8 Å². The Labute approximate surface area is 82.1 Å². The van der Waals surface area contributed by atoms with E-state index in [1.807, 2.05) is 20.8 Å². The molecule has 0 aliphatic carbocycles. The average Bonchev–Trinajstić information content (AvgIpc) is 2.02. The largest absolute Gasteiger partial charge is 0.354 e. The Hall–Kier alpha value is -0.530. The Morgan fingerprint density at radius 2 is 1.77 bits per heavy atom. The molecule has 0 bridgehead atoms. The second-order valence-corrected chi connectivity index (χ2v) is 4.31. The first-order chi connectivity index (χ1) is 5.97. The van der Waals surface area contributed by atoms with Crippen LogP contribution < -0.4 is 5.32 Å². The number of amides is 1. The standard InChI is InChI=1S/C11H23NO/c1-6-9(4)7-10(5)11(13)12-8(2)3/h8-10H,6-7H2,1-5H3,(H,12,13). The fraction of sp³-hybridized carbons (Fsp3) is 0.909. The number of carbonyl (C=O) groups is 1. The first-order valence-corrected chi connectivity index (χ1v) is 5.27. The van der Waals surface area contributed by atoms with Crippen molar-refractivity contribution in [2.24, 2.45) is 11.8 Å². The lowest BCUT2D eigenvalue weighted by Crippen LogP contribution is -2.35. The third kappa shape index (κ3) is 5.67. The van der Waals surface area contributed by atoms with Gasteiger partial charge in [0.15, 0.2) is 0 Å². The molecule has 78 valence electrons. The molecule has 1 amide bonds. The first kappa shape index (κ1) is 12.5. The predicted molar refractivity (Wildman–Crippen MR) is 56.5 cm³/mol. The molecule has 0 heterocycles. The van der Waals surface area contributed by atoms with Gasteiger partial charge in [0, 0.05) is 12.0 Å². The monoisotopic (exact) mass is 185 g/mol. The molecule has 0 aromatic carbocycles. The van der Waals surface area contributed by atoms with Crippen molar-refractivity contribution in [1.29, 1.82) is 0 Å². The zero-order chi connectivity index (χ0) is 10.4. The lowest BCUT2D eigenvalue weighted by Gasteiger charge is -2.17. The molecular weight excluding hydrogens is 162 g/mol. The van der Waals surface area contributed by atoms with Gasteiger partial charge in [0.1, 0.15) is 0 Å². The highest BCUT2D eigenvalue weighted by molar-refractivity contribution is 5.78. The summed E-state index contributed by atoms with van der Waals surface area (Å²) >= 11 is 0. The van der Waals surface area contributed by atoms with Crippen LogP contribution in [0.15, 0.2) is 0 Å². The molecule has 0 aromatic rings. The van der Waals surface area contributed by atoms with Crippen LogP contribution in [0.2, 0.25) is 0 Å². The highest BCUT2D eigenvalue weighted by atomic mass is 16.1. The molecule has 2 atom stereocenters. The van der Waals surface area contributed by atoms with Crippen molar-refractivity contribution in [3.63, 3.8) is 0 Å². The molecule has 0 aliphatic rings. The van der Waals surface area contributed by atoms with Gasteiger partial charge in [0.25, 0.3) is 0 Å². The zero-order valence-corrected chi connectivity index (χ0v) is 9.55. The molecule has 2 nitrogen and oxygen atoms in total. The maximum absolute atomic E-state index is 11.5. The number of carbonyl (C=O) groups excluding carboxylic acids is 1. The van der Waals surface area contributed by atoms with E-state index in [-0.39, 0.29) is 17.9 Å². The van der Waals surface area contributed by atoms with Gasteiger partial charge in [-0.2, -0.15) is 0 Å². The molecule has 0 spiro atoms. The first-order valence-electron chi connectivity index (χ1n) is 5.27. The van der Waals surface area contributed by atoms with Crippen LogP contribution >= 0.6 is 0 Å². The summed E-state index contributed by atoms with van der Waals surface area (Å²) in [4.78, 5) is 11.5. The van der Waals surface area contributed by atoms with Crippen LogP contribution in [0.1, 0.15) is 47.5 Å². The van der Waals surface area contributed by atoms with E-state index in [2.05, 4.69) is 19.2 Å². The van der Waals surface area contributed by atoms with E-state index in [1.54, 1.807) is 0 Å². The van der Waals surface area contributed by atoms with Crippen molar-refractivity contribution in [3.05, 3.63) is 0 Å². The Morgan fingerprint density at radius 3 is 2.15 bits per heavy atom. The molecule has 13 heavy (non-hydrogen) atoms.